The zero-order chi connectivity index (χ0) is 16.8. The van der Waals surface area contributed by atoms with Gasteiger partial charge in [0.1, 0.15) is 0 Å². The van der Waals surface area contributed by atoms with Crippen LogP contribution < -0.4 is 4.90 Å². The van der Waals surface area contributed by atoms with E-state index >= 15 is 0 Å². The lowest BCUT2D eigenvalue weighted by Gasteiger charge is -2.26. The summed E-state index contributed by atoms with van der Waals surface area (Å²) in [6, 6.07) is 16.1. The minimum Gasteiger partial charge on any atom is -0.307 e. The highest BCUT2D eigenvalue weighted by Crippen LogP contribution is 2.26. The minimum absolute atomic E-state index is 0.192. The number of carbonyl (C=O) groups excluding carboxylic acids is 1. The van der Waals surface area contributed by atoms with Crippen LogP contribution in [0.4, 0.5) is 5.69 Å². The molecule has 1 heterocycles. The van der Waals surface area contributed by atoms with Crippen LogP contribution in [0.3, 0.4) is 0 Å². The molecule has 0 saturated heterocycles. The van der Waals surface area contributed by atoms with Crippen molar-refractivity contribution in [3.05, 3.63) is 65.2 Å². The lowest BCUT2D eigenvalue weighted by Crippen LogP contribution is -2.31. The number of para-hydroxylation sites is 1. The molecule has 0 bridgehead atoms. The Morgan fingerprint density at radius 3 is 2.50 bits per heavy atom. The first-order chi connectivity index (χ1) is 11.8. The van der Waals surface area contributed by atoms with Crippen LogP contribution in [0.25, 0.3) is 0 Å². The third-order valence-corrected chi connectivity index (χ3v) is 4.42. The maximum Gasteiger partial charge on any atom is 0.227 e. The Kier molecular flexibility index (Phi) is 5.33. The second kappa shape index (κ2) is 7.84. The molecule has 0 aromatic heterocycles. The SMILES string of the molecule is CCCCCCC(=O)N1Cc2ccccc2C#Cc2ccccc21. The topological polar surface area (TPSA) is 20.3 Å². The van der Waals surface area contributed by atoms with Gasteiger partial charge in [0.2, 0.25) is 5.91 Å². The van der Waals surface area contributed by atoms with Crippen molar-refractivity contribution < 1.29 is 4.79 Å². The number of carbonyl (C=O) groups is 1. The molecule has 0 radical (unpaired) electrons. The lowest BCUT2D eigenvalue weighted by molar-refractivity contribution is -0.118. The van der Waals surface area contributed by atoms with E-state index in [0.717, 1.165) is 35.2 Å². The fourth-order valence-electron chi connectivity index (χ4n) is 3.05. The molecule has 2 heteroatoms. The molecule has 0 N–H and O–H groups in total. The van der Waals surface area contributed by atoms with Crippen molar-refractivity contribution in [3.8, 4) is 11.8 Å². The second-order valence-corrected chi connectivity index (χ2v) is 6.21. The highest BCUT2D eigenvalue weighted by atomic mass is 16.2. The van der Waals surface area contributed by atoms with Gasteiger partial charge in [-0.05, 0) is 30.2 Å². The van der Waals surface area contributed by atoms with E-state index in [1.165, 1.54) is 12.8 Å². The number of benzene rings is 2. The Hall–Kier alpha value is -2.53. The van der Waals surface area contributed by atoms with E-state index in [0.29, 0.717) is 13.0 Å². The molecule has 0 aliphatic carbocycles. The Labute approximate surface area is 144 Å². The summed E-state index contributed by atoms with van der Waals surface area (Å²) in [7, 11) is 0. The Morgan fingerprint density at radius 2 is 1.67 bits per heavy atom. The highest BCUT2D eigenvalue weighted by Gasteiger charge is 2.20. The van der Waals surface area contributed by atoms with Crippen LogP contribution in [-0.4, -0.2) is 5.91 Å². The van der Waals surface area contributed by atoms with E-state index in [1.54, 1.807) is 0 Å². The summed E-state index contributed by atoms with van der Waals surface area (Å²) < 4.78 is 0. The first-order valence-corrected chi connectivity index (χ1v) is 8.79. The average Bonchev–Trinajstić information content (AvgIpc) is 2.60. The van der Waals surface area contributed by atoms with Crippen LogP contribution in [0.5, 0.6) is 0 Å². The van der Waals surface area contributed by atoms with Crippen LogP contribution in [0, 0.1) is 11.8 Å². The molecule has 0 spiro atoms. The first-order valence-electron chi connectivity index (χ1n) is 8.79. The van der Waals surface area contributed by atoms with E-state index < -0.39 is 0 Å². The van der Waals surface area contributed by atoms with E-state index in [2.05, 4.69) is 24.8 Å². The van der Waals surface area contributed by atoms with Crippen molar-refractivity contribution in [2.75, 3.05) is 4.90 Å². The molecule has 3 rings (SSSR count). The minimum atomic E-state index is 0.192. The second-order valence-electron chi connectivity index (χ2n) is 6.21. The molecule has 1 amide bonds. The molecule has 1 aliphatic rings. The smallest absolute Gasteiger partial charge is 0.227 e. The normalized spacial score (nSPS) is 12.3. The number of nitrogens with zero attached hydrogens (tertiary/aromatic N) is 1. The zero-order valence-electron chi connectivity index (χ0n) is 14.2. The van der Waals surface area contributed by atoms with Gasteiger partial charge in [-0.2, -0.15) is 0 Å². The van der Waals surface area contributed by atoms with Gasteiger partial charge in [-0.3, -0.25) is 4.79 Å². The van der Waals surface area contributed by atoms with Gasteiger partial charge < -0.3 is 4.90 Å². The van der Waals surface area contributed by atoms with Crippen LogP contribution in [0.2, 0.25) is 0 Å². The summed E-state index contributed by atoms with van der Waals surface area (Å²) in [5, 5.41) is 0. The van der Waals surface area contributed by atoms with E-state index in [9.17, 15) is 4.79 Å². The summed E-state index contributed by atoms with van der Waals surface area (Å²) in [5.74, 6) is 6.68. The summed E-state index contributed by atoms with van der Waals surface area (Å²) in [4.78, 5) is 14.8. The quantitative estimate of drug-likeness (QED) is 0.567. The monoisotopic (exact) mass is 317 g/mol. The lowest BCUT2D eigenvalue weighted by atomic mass is 10.0. The predicted molar refractivity (Wildman–Crippen MR) is 98.8 cm³/mol. The maximum atomic E-state index is 12.9. The van der Waals surface area contributed by atoms with Gasteiger partial charge in [0.15, 0.2) is 0 Å². The average molecular weight is 317 g/mol. The Balaban J connectivity index is 1.91. The third kappa shape index (κ3) is 3.68. The van der Waals surface area contributed by atoms with Gasteiger partial charge in [-0.1, -0.05) is 68.4 Å². The Morgan fingerprint density at radius 1 is 0.958 bits per heavy atom. The van der Waals surface area contributed by atoms with Gasteiger partial charge in [-0.25, -0.2) is 0 Å². The summed E-state index contributed by atoms with van der Waals surface area (Å²) in [6.45, 7) is 2.78. The van der Waals surface area contributed by atoms with Crippen molar-refractivity contribution in [2.45, 2.75) is 45.6 Å². The van der Waals surface area contributed by atoms with Gasteiger partial charge in [0.25, 0.3) is 0 Å². The number of hydrogen-bond acceptors (Lipinski definition) is 1. The van der Waals surface area contributed by atoms with Crippen LogP contribution in [-0.2, 0) is 11.3 Å². The first kappa shape index (κ1) is 16.3. The van der Waals surface area contributed by atoms with Crippen LogP contribution in [0.15, 0.2) is 48.5 Å². The van der Waals surface area contributed by atoms with E-state index in [4.69, 9.17) is 0 Å². The molecule has 2 aromatic rings. The number of anilines is 1. The number of amides is 1. The van der Waals surface area contributed by atoms with Crippen molar-refractivity contribution in [1.29, 1.82) is 0 Å². The van der Waals surface area contributed by atoms with E-state index in [1.807, 2.05) is 47.4 Å². The standard InChI is InChI=1S/C22H23NO/c1-2-3-4-5-14-22(24)23-17-20-12-7-6-10-18(20)15-16-19-11-8-9-13-21(19)23/h6-13H,2-5,14,17H2,1H3. The molecule has 24 heavy (non-hydrogen) atoms. The van der Waals surface area contributed by atoms with Gasteiger partial charge in [-0.15, -0.1) is 0 Å². The fraction of sp³-hybridized carbons (Fsp3) is 0.318. The molecule has 1 aliphatic heterocycles. The highest BCUT2D eigenvalue weighted by molar-refractivity contribution is 5.95. The molecular formula is C22H23NO. The number of unbranched alkanes of at least 4 members (excludes halogenated alkanes) is 3. The van der Waals surface area contributed by atoms with Crippen molar-refractivity contribution >= 4 is 11.6 Å². The number of rotatable bonds is 5. The molecular weight excluding hydrogens is 294 g/mol. The molecule has 2 aromatic carbocycles. The molecule has 0 atom stereocenters. The van der Waals surface area contributed by atoms with Crippen LogP contribution >= 0.6 is 0 Å². The van der Waals surface area contributed by atoms with Crippen molar-refractivity contribution in [2.24, 2.45) is 0 Å². The van der Waals surface area contributed by atoms with Crippen molar-refractivity contribution in [3.63, 3.8) is 0 Å². The fourth-order valence-corrected chi connectivity index (χ4v) is 3.05. The van der Waals surface area contributed by atoms with Gasteiger partial charge in [0.05, 0.1) is 12.2 Å². The van der Waals surface area contributed by atoms with Gasteiger partial charge >= 0.3 is 0 Å². The maximum absolute atomic E-state index is 12.9. The molecule has 0 fully saturated rings. The zero-order valence-corrected chi connectivity index (χ0v) is 14.2. The van der Waals surface area contributed by atoms with Crippen molar-refractivity contribution in [1.82, 2.24) is 0 Å². The van der Waals surface area contributed by atoms with E-state index in [-0.39, 0.29) is 5.91 Å². The summed E-state index contributed by atoms with van der Waals surface area (Å²) in [5.41, 5.74) is 3.98. The Bertz CT molecular complexity index is 782. The molecule has 122 valence electrons. The third-order valence-electron chi connectivity index (χ3n) is 4.42. The molecule has 0 saturated carbocycles. The van der Waals surface area contributed by atoms with Gasteiger partial charge in [0, 0.05) is 17.5 Å². The molecule has 2 nitrogen and oxygen atoms in total. The molecule has 0 unspecified atom stereocenters. The largest absolute Gasteiger partial charge is 0.307 e. The van der Waals surface area contributed by atoms with Crippen LogP contribution in [0.1, 0.15) is 55.7 Å². The summed E-state index contributed by atoms with van der Waals surface area (Å²) >= 11 is 0. The summed E-state index contributed by atoms with van der Waals surface area (Å²) in [6.07, 6.45) is 5.05. The number of hydrogen-bond donors (Lipinski definition) is 0. The number of fused-ring (bicyclic) bond motifs is 2. The predicted octanol–water partition coefficient (Wildman–Crippen LogP) is 4.90.